The average molecular weight is 640 g/mol. The first-order chi connectivity index (χ1) is 31.4. The van der Waals surface area contributed by atoms with Gasteiger partial charge in [0.05, 0.1) is 23.3 Å². The number of rotatable bonds is 4. The minimum atomic E-state index is -0.647. The van der Waals surface area contributed by atoms with Gasteiger partial charge in [-0.15, -0.1) is 0 Å². The van der Waals surface area contributed by atoms with Crippen molar-refractivity contribution in [3.05, 3.63) is 182 Å². The van der Waals surface area contributed by atoms with Gasteiger partial charge in [0, 0.05) is 10.8 Å². The molecule has 0 aliphatic heterocycles. The number of hydrogen-bond acceptors (Lipinski definition) is 1. The third-order valence-corrected chi connectivity index (χ3v) is 8.75. The first-order valence-corrected chi connectivity index (χ1v) is 15.5. The summed E-state index contributed by atoms with van der Waals surface area (Å²) in [6.07, 6.45) is 0. The van der Waals surface area contributed by atoms with Gasteiger partial charge >= 0.3 is 0 Å². The third-order valence-electron chi connectivity index (χ3n) is 8.75. The first-order valence-electron chi connectivity index (χ1n) is 24.0. The lowest BCUT2D eigenvalue weighted by molar-refractivity contribution is 0.669. The predicted octanol–water partition coefficient (Wildman–Crippen LogP) is 13.7. The summed E-state index contributed by atoms with van der Waals surface area (Å²) in [7, 11) is 0. The molecule has 0 aliphatic rings. The molecule has 0 unspecified atom stereocenters. The zero-order valence-corrected chi connectivity index (χ0v) is 25.4. The second-order valence-corrected chi connectivity index (χ2v) is 11.5. The lowest BCUT2D eigenvalue weighted by Crippen LogP contribution is -1.93. The highest BCUT2D eigenvalue weighted by molar-refractivity contribution is 6.26. The summed E-state index contributed by atoms with van der Waals surface area (Å²) in [6, 6.07) is 12.9. The summed E-state index contributed by atoms with van der Waals surface area (Å²) in [6.45, 7) is 0. The van der Waals surface area contributed by atoms with E-state index in [0.29, 0.717) is 32.7 Å². The van der Waals surface area contributed by atoms with Gasteiger partial charge in [0.15, 0.2) is 0 Å². The molecular weight excluding hydrogens is 593 g/mol. The van der Waals surface area contributed by atoms with Crippen LogP contribution in [-0.2, 0) is 0 Å². The van der Waals surface area contributed by atoms with Crippen LogP contribution in [-0.4, -0.2) is 0 Å². The van der Waals surface area contributed by atoms with E-state index in [0.717, 1.165) is 0 Å². The van der Waals surface area contributed by atoms with E-state index in [1.165, 1.54) is 0 Å². The zero-order valence-electron chi connectivity index (χ0n) is 42.4. The number of benzene rings is 9. The van der Waals surface area contributed by atoms with E-state index in [9.17, 15) is 8.22 Å². The van der Waals surface area contributed by atoms with Gasteiger partial charge in [0.1, 0.15) is 11.2 Å². The molecule has 1 heteroatoms. The van der Waals surface area contributed by atoms with Crippen LogP contribution in [0.25, 0.3) is 98.8 Å². The van der Waals surface area contributed by atoms with Crippen molar-refractivity contribution in [3.63, 3.8) is 0 Å². The zero-order chi connectivity index (χ0) is 47.1. The highest BCUT2D eigenvalue weighted by atomic mass is 16.3. The molecule has 0 spiro atoms. The van der Waals surface area contributed by atoms with E-state index in [2.05, 4.69) is 0 Å². The highest BCUT2D eigenvalue weighted by Crippen LogP contribution is 2.48. The lowest BCUT2D eigenvalue weighted by atomic mass is 9.83. The monoisotopic (exact) mass is 639 g/mol. The average Bonchev–Trinajstić information content (AvgIpc) is 3.73. The van der Waals surface area contributed by atoms with Gasteiger partial charge in [-0.25, -0.2) is 0 Å². The van der Waals surface area contributed by atoms with E-state index in [1.54, 1.807) is 78.9 Å². The van der Waals surface area contributed by atoms with Crippen LogP contribution in [0.2, 0.25) is 0 Å². The first kappa shape index (κ1) is 15.6. The van der Waals surface area contributed by atoms with Crippen molar-refractivity contribution in [2.24, 2.45) is 0 Å². The topological polar surface area (TPSA) is 13.1 Å². The van der Waals surface area contributed by atoms with Gasteiger partial charge in [-0.2, -0.15) is 0 Å². The minimum absolute atomic E-state index is 0.00871. The largest absolute Gasteiger partial charge is 0.456 e. The Labute approximate surface area is 308 Å². The molecule has 0 aliphatic carbocycles. The Kier molecular flexibility index (Phi) is 3.54. The standard InChI is InChI=1S/C48H30O/c1-3-14-31(15-4-1)36-27-26-35(29-42(36)32-16-5-2-6-17-32)46-37-20-9-11-22-39(37)47(40-23-12-10-21-38(40)46)41-24-13-25-44-48(41)43-28-33-18-7-8-19-34(33)30-45(43)49-44/h1-30H/i2D,5D,6D,7D,8D,13D,16D,17D,18D,19D,24D,25D,26D,27D,28D,29D,30D. The maximum absolute atomic E-state index is 10.0. The molecule has 0 saturated carbocycles. The second kappa shape index (κ2) is 11.1. The van der Waals surface area contributed by atoms with Crippen LogP contribution in [0, 0.1) is 0 Å². The molecule has 0 fully saturated rings. The second-order valence-electron chi connectivity index (χ2n) is 11.5. The third kappa shape index (κ3) is 4.40. The normalized spacial score (nSPS) is 16.5. The van der Waals surface area contributed by atoms with Crippen LogP contribution in [0.3, 0.4) is 0 Å². The van der Waals surface area contributed by atoms with Crippen LogP contribution < -0.4 is 0 Å². The maximum atomic E-state index is 10.0. The molecule has 0 radical (unpaired) electrons. The molecule has 0 N–H and O–H groups in total. The van der Waals surface area contributed by atoms with Gasteiger partial charge in [-0.1, -0.05) is 157 Å². The molecule has 10 rings (SSSR count). The molecule has 228 valence electrons. The molecule has 1 nitrogen and oxygen atoms in total. The summed E-state index contributed by atoms with van der Waals surface area (Å²) in [5, 5.41) is 0.859. The summed E-state index contributed by atoms with van der Waals surface area (Å²) in [5.74, 6) is 0. The molecule has 9 aromatic carbocycles. The molecule has 49 heavy (non-hydrogen) atoms. The van der Waals surface area contributed by atoms with Crippen molar-refractivity contribution >= 4 is 54.3 Å². The fraction of sp³-hybridized carbons (Fsp3) is 0. The van der Waals surface area contributed by atoms with Gasteiger partial charge in [0.2, 0.25) is 0 Å². The van der Waals surface area contributed by atoms with Crippen molar-refractivity contribution in [3.8, 4) is 44.5 Å². The van der Waals surface area contributed by atoms with Crippen LogP contribution in [0.15, 0.2) is 186 Å². The van der Waals surface area contributed by atoms with Crippen molar-refractivity contribution in [1.29, 1.82) is 0 Å². The van der Waals surface area contributed by atoms with Gasteiger partial charge < -0.3 is 4.42 Å². The van der Waals surface area contributed by atoms with Gasteiger partial charge in [-0.3, -0.25) is 0 Å². The van der Waals surface area contributed by atoms with E-state index in [1.807, 2.05) is 0 Å². The van der Waals surface area contributed by atoms with Crippen LogP contribution in [0.1, 0.15) is 23.3 Å². The van der Waals surface area contributed by atoms with Crippen molar-refractivity contribution in [1.82, 2.24) is 0 Å². The van der Waals surface area contributed by atoms with E-state index < -0.39 is 96.7 Å². The fourth-order valence-corrected chi connectivity index (χ4v) is 6.69. The molecule has 1 aromatic heterocycles. The van der Waals surface area contributed by atoms with Gasteiger partial charge in [-0.05, 0) is 101 Å². The van der Waals surface area contributed by atoms with Crippen LogP contribution in [0.4, 0.5) is 0 Å². The Morgan fingerprint density at radius 1 is 0.367 bits per heavy atom. The molecule has 0 bridgehead atoms. The summed E-state index contributed by atoms with van der Waals surface area (Å²) in [4.78, 5) is 0. The molecule has 0 saturated heterocycles. The smallest absolute Gasteiger partial charge is 0.136 e. The van der Waals surface area contributed by atoms with E-state index in [-0.39, 0.29) is 72.1 Å². The van der Waals surface area contributed by atoms with Gasteiger partial charge in [0.25, 0.3) is 0 Å². The minimum Gasteiger partial charge on any atom is -0.456 e. The Bertz CT molecular complexity index is 3760. The van der Waals surface area contributed by atoms with Crippen LogP contribution >= 0.6 is 0 Å². The van der Waals surface area contributed by atoms with Crippen molar-refractivity contribution in [2.45, 2.75) is 0 Å². The molecular formula is C48H30O. The lowest BCUT2D eigenvalue weighted by Gasteiger charge is -2.19. The Morgan fingerprint density at radius 2 is 1.00 bits per heavy atom. The predicted molar refractivity (Wildman–Crippen MR) is 208 cm³/mol. The summed E-state index contributed by atoms with van der Waals surface area (Å²) < 4.78 is 159. The summed E-state index contributed by atoms with van der Waals surface area (Å²) in [5.41, 5.74) is -0.154. The number of fused-ring (bicyclic) bond motifs is 6. The Hall–Kier alpha value is -6.44. The molecule has 0 amide bonds. The van der Waals surface area contributed by atoms with E-state index >= 15 is 0 Å². The quantitative estimate of drug-likeness (QED) is 0.175. The highest BCUT2D eigenvalue weighted by Gasteiger charge is 2.21. The molecule has 0 atom stereocenters. The maximum Gasteiger partial charge on any atom is 0.136 e. The number of hydrogen-bond donors (Lipinski definition) is 0. The summed E-state index contributed by atoms with van der Waals surface area (Å²) >= 11 is 0. The Balaban J connectivity index is 1.41. The van der Waals surface area contributed by atoms with E-state index in [4.69, 9.17) is 19.5 Å². The Morgan fingerprint density at radius 3 is 1.71 bits per heavy atom. The molecule has 10 aromatic rings. The molecule has 1 heterocycles. The SMILES string of the molecule is [2H]c1c([2H])c([2H])c(-c2c([2H])c(-c3c4ccccc4c(-c4c([2H])c([2H])c([2H])c5oc6c([2H])c7c([2H])c([2H])c([2H])c([2H])c7c([2H])c6c45)c4ccccc34)c([2H])c([2H])c2-c2ccccc2)c([2H])c1[2H]. The fourth-order valence-electron chi connectivity index (χ4n) is 6.69. The number of furan rings is 1. The van der Waals surface area contributed by atoms with Crippen LogP contribution in [0.5, 0.6) is 0 Å². The van der Waals surface area contributed by atoms with Crippen molar-refractivity contribution < 1.29 is 27.7 Å². The van der Waals surface area contributed by atoms with Crippen molar-refractivity contribution in [2.75, 3.05) is 0 Å².